The van der Waals surface area contributed by atoms with Crippen LogP contribution in [0.15, 0.2) is 33.7 Å². The van der Waals surface area contributed by atoms with Crippen molar-refractivity contribution in [3.05, 3.63) is 45.8 Å². The topological polar surface area (TPSA) is 113 Å². The van der Waals surface area contributed by atoms with Crippen molar-refractivity contribution in [1.82, 2.24) is 15.5 Å². The number of hydrogen-bond acceptors (Lipinski definition) is 4. The molecule has 1 aromatic carbocycles. The van der Waals surface area contributed by atoms with E-state index in [9.17, 15) is 14.0 Å². The third-order valence-corrected chi connectivity index (χ3v) is 5.70. The van der Waals surface area contributed by atoms with Gasteiger partial charge in [-0.25, -0.2) is 9.38 Å². The number of nitrogens with two attached hydrogens (primary N) is 1. The number of aromatic amines is 1. The van der Waals surface area contributed by atoms with Crippen LogP contribution in [0.5, 0.6) is 0 Å². The molecule has 1 heterocycles. The maximum Gasteiger partial charge on any atom is 0.270 e. The quantitative estimate of drug-likeness (QED) is 0.194. The van der Waals surface area contributed by atoms with Crippen LogP contribution in [0.1, 0.15) is 88.7 Å². The number of amides is 1. The number of unbranched alkanes of at least 4 members (excludes halogenated alkanes) is 3. The van der Waals surface area contributed by atoms with Crippen LogP contribution in [-0.4, -0.2) is 34.3 Å². The van der Waals surface area contributed by atoms with Gasteiger partial charge in [0, 0.05) is 0 Å². The van der Waals surface area contributed by atoms with E-state index in [1.807, 2.05) is 13.8 Å². The monoisotopic (exact) mass is 537 g/mol. The molecule has 0 unspecified atom stereocenters. The molecule has 0 radical (unpaired) electrons. The summed E-state index contributed by atoms with van der Waals surface area (Å²) in [6.45, 7) is 7.53. The van der Waals surface area contributed by atoms with E-state index < -0.39 is 11.7 Å². The predicted octanol–water partition coefficient (Wildman–Crippen LogP) is 6.06. The van der Waals surface area contributed by atoms with E-state index in [1.54, 1.807) is 6.07 Å². The summed E-state index contributed by atoms with van der Waals surface area (Å²) in [6, 6.07) is 5.90. The van der Waals surface area contributed by atoms with Gasteiger partial charge in [0.2, 0.25) is 0 Å². The number of nitrogens with zero attached hydrogens (tertiary/aromatic N) is 2. The Morgan fingerprint density at radius 2 is 1.91 bits per heavy atom. The Morgan fingerprint density at radius 1 is 1.24 bits per heavy atom. The molecule has 1 aliphatic carbocycles. The SMILES string of the molecule is CC.CC(=O)CNC(=O)c1[nH]nc(N=C(N)c2ccccc2F)c1Br.CCCCCCC1CC1. The first-order chi connectivity index (χ1) is 16.3. The van der Waals surface area contributed by atoms with Crippen molar-refractivity contribution in [2.24, 2.45) is 16.6 Å². The fourth-order valence-corrected chi connectivity index (χ4v) is 3.39. The van der Waals surface area contributed by atoms with Crippen molar-refractivity contribution in [3.8, 4) is 0 Å². The first-order valence-corrected chi connectivity index (χ1v) is 12.7. The summed E-state index contributed by atoms with van der Waals surface area (Å²) in [5.74, 6) is -0.0482. The summed E-state index contributed by atoms with van der Waals surface area (Å²) < 4.78 is 13.9. The molecule has 1 saturated carbocycles. The lowest BCUT2D eigenvalue weighted by Crippen LogP contribution is -2.28. The molecule has 3 rings (SSSR count). The summed E-state index contributed by atoms with van der Waals surface area (Å²) in [4.78, 5) is 26.8. The average Bonchev–Trinajstić information content (AvgIpc) is 3.59. The molecule has 0 bridgehead atoms. The van der Waals surface area contributed by atoms with Crippen molar-refractivity contribution in [2.75, 3.05) is 6.54 Å². The van der Waals surface area contributed by atoms with Gasteiger partial charge < -0.3 is 11.1 Å². The largest absolute Gasteiger partial charge is 0.383 e. The van der Waals surface area contributed by atoms with Crippen LogP contribution in [0.4, 0.5) is 10.2 Å². The van der Waals surface area contributed by atoms with Gasteiger partial charge in [-0.15, -0.1) is 0 Å². The van der Waals surface area contributed by atoms with E-state index >= 15 is 0 Å². The van der Waals surface area contributed by atoms with Gasteiger partial charge in [-0.05, 0) is 40.9 Å². The molecule has 0 aliphatic heterocycles. The minimum atomic E-state index is -0.523. The number of amidine groups is 1. The zero-order valence-corrected chi connectivity index (χ0v) is 22.2. The highest BCUT2D eigenvalue weighted by atomic mass is 79.9. The lowest BCUT2D eigenvalue weighted by atomic mass is 10.1. The Labute approximate surface area is 210 Å². The average molecular weight is 539 g/mol. The minimum Gasteiger partial charge on any atom is -0.383 e. The van der Waals surface area contributed by atoms with Crippen molar-refractivity contribution in [3.63, 3.8) is 0 Å². The van der Waals surface area contributed by atoms with Gasteiger partial charge in [-0.2, -0.15) is 5.10 Å². The zero-order valence-electron chi connectivity index (χ0n) is 20.6. The minimum absolute atomic E-state index is 0.0778. The van der Waals surface area contributed by atoms with Crippen LogP contribution < -0.4 is 11.1 Å². The van der Waals surface area contributed by atoms with E-state index in [2.05, 4.69) is 43.4 Å². The molecule has 0 atom stereocenters. The first kappa shape index (κ1) is 29.5. The van der Waals surface area contributed by atoms with E-state index in [-0.39, 0.29) is 39.7 Å². The molecule has 2 aromatic rings. The number of nitrogens with one attached hydrogen (secondary N) is 2. The number of halogens is 2. The second-order valence-electron chi connectivity index (χ2n) is 7.89. The van der Waals surface area contributed by atoms with Crippen LogP contribution in [0, 0.1) is 11.7 Å². The number of aromatic nitrogens is 2. The van der Waals surface area contributed by atoms with Crippen molar-refractivity contribution < 1.29 is 14.0 Å². The Hall–Kier alpha value is -2.55. The molecule has 1 fully saturated rings. The molecule has 34 heavy (non-hydrogen) atoms. The Kier molecular flexibility index (Phi) is 14.0. The predicted molar refractivity (Wildman–Crippen MR) is 139 cm³/mol. The van der Waals surface area contributed by atoms with Crippen molar-refractivity contribution in [1.29, 1.82) is 0 Å². The smallest absolute Gasteiger partial charge is 0.270 e. The molecule has 188 valence electrons. The number of Topliss-reactive ketones (excluding diaryl/α,β-unsaturated/α-hetero) is 1. The summed E-state index contributed by atoms with van der Waals surface area (Å²) in [5.41, 5.74) is 5.99. The van der Waals surface area contributed by atoms with Crippen LogP contribution in [0.25, 0.3) is 0 Å². The van der Waals surface area contributed by atoms with Crippen LogP contribution in [-0.2, 0) is 4.79 Å². The molecule has 0 saturated heterocycles. The molecule has 1 aliphatic rings. The summed E-state index contributed by atoms with van der Waals surface area (Å²) in [7, 11) is 0. The number of hydrogen-bond donors (Lipinski definition) is 3. The third kappa shape index (κ3) is 10.6. The molecule has 9 heteroatoms. The first-order valence-electron chi connectivity index (χ1n) is 11.9. The molecular weight excluding hydrogens is 501 g/mol. The maximum atomic E-state index is 13.7. The summed E-state index contributed by atoms with van der Waals surface area (Å²) in [5, 5.41) is 8.76. The second kappa shape index (κ2) is 16.1. The second-order valence-corrected chi connectivity index (χ2v) is 8.68. The molecule has 1 amide bonds. The lowest BCUT2D eigenvalue weighted by molar-refractivity contribution is -0.116. The number of H-pyrrole nitrogens is 1. The normalized spacial score (nSPS) is 12.7. The standard InChI is InChI=1S/C14H13BrFN5O2.C9H18.C2H6/c1-7(22)6-18-14(23)11-10(15)13(21-20-11)19-12(17)8-4-2-3-5-9(8)16;1-2-3-4-5-6-9-7-8-9;1-2/h2-5H,6H2,1H3,(H,18,23)(H3,17,19,20,21);9H,2-8H2,1H3;1-2H3. The summed E-state index contributed by atoms with van der Waals surface area (Å²) in [6.07, 6.45) is 10.4. The maximum absolute atomic E-state index is 13.7. The van der Waals surface area contributed by atoms with Crippen molar-refractivity contribution in [2.45, 2.75) is 72.6 Å². The van der Waals surface area contributed by atoms with Gasteiger partial charge in [0.1, 0.15) is 23.1 Å². The summed E-state index contributed by atoms with van der Waals surface area (Å²) >= 11 is 3.18. The lowest BCUT2D eigenvalue weighted by Gasteiger charge is -2.02. The highest BCUT2D eigenvalue weighted by Gasteiger charge is 2.20. The fourth-order valence-electron chi connectivity index (χ4n) is 2.95. The van der Waals surface area contributed by atoms with Gasteiger partial charge in [0.15, 0.2) is 5.82 Å². The highest BCUT2D eigenvalue weighted by molar-refractivity contribution is 9.10. The Bertz CT molecular complexity index is 941. The van der Waals surface area contributed by atoms with Gasteiger partial charge in [0.25, 0.3) is 5.91 Å². The third-order valence-electron chi connectivity index (χ3n) is 4.95. The van der Waals surface area contributed by atoms with Crippen LogP contribution >= 0.6 is 15.9 Å². The van der Waals surface area contributed by atoms with E-state index in [4.69, 9.17) is 5.73 Å². The molecule has 7 nitrogen and oxygen atoms in total. The zero-order chi connectivity index (χ0) is 25.5. The van der Waals surface area contributed by atoms with Gasteiger partial charge in [0.05, 0.1) is 16.6 Å². The van der Waals surface area contributed by atoms with E-state index in [1.165, 1.54) is 70.1 Å². The number of rotatable bonds is 10. The molecule has 0 spiro atoms. The highest BCUT2D eigenvalue weighted by Crippen LogP contribution is 2.34. The Balaban J connectivity index is 0.000000437. The number of ketones is 1. The Morgan fingerprint density at radius 3 is 2.50 bits per heavy atom. The molecule has 1 aromatic heterocycles. The molecular formula is C25H37BrFN5O2. The van der Waals surface area contributed by atoms with Crippen molar-refractivity contribution >= 4 is 39.3 Å². The fraction of sp³-hybridized carbons (Fsp3) is 0.520. The number of carbonyl (C=O) groups is 2. The number of benzene rings is 1. The van der Waals surface area contributed by atoms with Gasteiger partial charge in [-0.3, -0.25) is 14.7 Å². The number of aliphatic imine (C=N–C) groups is 1. The van der Waals surface area contributed by atoms with Crippen LogP contribution in [0.2, 0.25) is 0 Å². The molecule has 4 N–H and O–H groups in total. The van der Waals surface area contributed by atoms with E-state index in [0.29, 0.717) is 0 Å². The number of carbonyl (C=O) groups excluding carboxylic acids is 2. The van der Waals surface area contributed by atoms with Gasteiger partial charge >= 0.3 is 0 Å². The van der Waals surface area contributed by atoms with Crippen LogP contribution in [0.3, 0.4) is 0 Å². The van der Waals surface area contributed by atoms with E-state index in [0.717, 1.165) is 5.92 Å². The van der Waals surface area contributed by atoms with Gasteiger partial charge in [-0.1, -0.05) is 77.8 Å².